The fourth-order valence-corrected chi connectivity index (χ4v) is 1.50. The number of allylic oxidation sites excluding steroid dienone is 1. The summed E-state index contributed by atoms with van der Waals surface area (Å²) in [5.41, 5.74) is 0. The maximum absolute atomic E-state index is 10.9. The van der Waals surface area contributed by atoms with Gasteiger partial charge in [0.25, 0.3) is 0 Å². The number of ether oxygens (including phenoxy) is 1. The van der Waals surface area contributed by atoms with E-state index in [4.69, 9.17) is 16.3 Å². The second-order valence-corrected chi connectivity index (χ2v) is 3.47. The van der Waals surface area contributed by atoms with Crippen LogP contribution in [-0.4, -0.2) is 29.4 Å². The Bertz CT molecular complexity index is 323. The Hall–Kier alpha value is -1.03. The third-order valence-electron chi connectivity index (χ3n) is 2.16. The maximum atomic E-state index is 10.9. The van der Waals surface area contributed by atoms with E-state index in [1.54, 1.807) is 4.90 Å². The van der Waals surface area contributed by atoms with Gasteiger partial charge in [-0.25, -0.2) is 0 Å². The Kier molecular flexibility index (Phi) is 1.80. The van der Waals surface area contributed by atoms with Crippen LogP contribution in [0.4, 0.5) is 0 Å². The molecule has 5 heteroatoms. The van der Waals surface area contributed by atoms with Crippen molar-refractivity contribution in [2.75, 3.05) is 6.54 Å². The molecule has 0 saturated carbocycles. The van der Waals surface area contributed by atoms with Gasteiger partial charge in [-0.2, -0.15) is 0 Å². The van der Waals surface area contributed by atoms with Gasteiger partial charge in [0.1, 0.15) is 10.8 Å². The fraction of sp³-hybridized carbons (Fsp3) is 0.500. The van der Waals surface area contributed by atoms with Crippen molar-refractivity contribution in [3.63, 3.8) is 0 Å². The standard InChI is InChI=1S/C8H8ClNO3/c1-4(11)8(9)5-3-10-6(12)2-7(10)13-5/h7H,2-3H2,1H3/b8-5-. The highest BCUT2D eigenvalue weighted by Crippen LogP contribution is 2.32. The van der Waals surface area contributed by atoms with Gasteiger partial charge in [0.05, 0.1) is 13.0 Å². The smallest absolute Gasteiger partial charge is 0.231 e. The molecule has 2 rings (SSSR count). The second-order valence-electron chi connectivity index (χ2n) is 3.09. The molecular formula is C8H8ClNO3. The molecule has 2 saturated heterocycles. The number of rotatable bonds is 1. The molecule has 70 valence electrons. The normalized spacial score (nSPS) is 29.2. The van der Waals surface area contributed by atoms with Crippen molar-refractivity contribution in [2.24, 2.45) is 0 Å². The number of Topliss-reactive ketones (excluding diaryl/α,β-unsaturated/α-hetero) is 1. The average molecular weight is 202 g/mol. The lowest BCUT2D eigenvalue weighted by Crippen LogP contribution is -2.48. The summed E-state index contributed by atoms with van der Waals surface area (Å²) in [4.78, 5) is 23.4. The quantitative estimate of drug-likeness (QED) is 0.462. The molecule has 0 bridgehead atoms. The topological polar surface area (TPSA) is 46.6 Å². The largest absolute Gasteiger partial charge is 0.471 e. The molecule has 4 nitrogen and oxygen atoms in total. The molecule has 2 heterocycles. The SMILES string of the molecule is CC(=O)/C(Cl)=C1\CN2C(=O)CC2O1. The van der Waals surface area contributed by atoms with Gasteiger partial charge in [0.15, 0.2) is 12.0 Å². The molecule has 1 amide bonds. The predicted octanol–water partition coefficient (Wildman–Crippen LogP) is 0.614. The van der Waals surface area contributed by atoms with Crippen LogP contribution in [-0.2, 0) is 14.3 Å². The van der Waals surface area contributed by atoms with Crippen molar-refractivity contribution < 1.29 is 14.3 Å². The molecule has 0 aromatic carbocycles. The first-order chi connectivity index (χ1) is 6.09. The minimum absolute atomic E-state index is 0.0491. The molecule has 1 atom stereocenters. The summed E-state index contributed by atoms with van der Waals surface area (Å²) in [7, 11) is 0. The van der Waals surface area contributed by atoms with Crippen LogP contribution in [0, 0.1) is 0 Å². The number of hydrogen-bond acceptors (Lipinski definition) is 3. The third kappa shape index (κ3) is 1.21. The van der Waals surface area contributed by atoms with E-state index in [0.29, 0.717) is 18.7 Å². The van der Waals surface area contributed by atoms with Gasteiger partial charge in [0.2, 0.25) is 5.91 Å². The summed E-state index contributed by atoms with van der Waals surface area (Å²) >= 11 is 5.70. The Morgan fingerprint density at radius 1 is 1.69 bits per heavy atom. The number of halogens is 1. The number of β-lactam (4-membered cyclic amide) rings is 1. The number of hydrogen-bond donors (Lipinski definition) is 0. The summed E-state index contributed by atoms with van der Waals surface area (Å²) in [6, 6.07) is 0. The van der Waals surface area contributed by atoms with Crippen LogP contribution in [0.3, 0.4) is 0 Å². The molecular weight excluding hydrogens is 194 g/mol. The zero-order chi connectivity index (χ0) is 9.59. The van der Waals surface area contributed by atoms with Crippen molar-refractivity contribution in [1.82, 2.24) is 4.90 Å². The first-order valence-corrected chi connectivity index (χ1v) is 4.33. The van der Waals surface area contributed by atoms with Crippen LogP contribution in [0.2, 0.25) is 0 Å². The lowest BCUT2D eigenvalue weighted by Gasteiger charge is -2.30. The molecule has 2 aliphatic heterocycles. The highest BCUT2D eigenvalue weighted by Gasteiger charge is 2.44. The van der Waals surface area contributed by atoms with Gasteiger partial charge in [-0.3, -0.25) is 14.5 Å². The minimum atomic E-state index is -0.230. The van der Waals surface area contributed by atoms with Crippen LogP contribution in [0.1, 0.15) is 13.3 Å². The average Bonchev–Trinajstić information content (AvgIpc) is 2.41. The van der Waals surface area contributed by atoms with Crippen molar-refractivity contribution in [2.45, 2.75) is 19.6 Å². The molecule has 2 fully saturated rings. The van der Waals surface area contributed by atoms with Crippen molar-refractivity contribution >= 4 is 23.3 Å². The van der Waals surface area contributed by atoms with E-state index in [9.17, 15) is 9.59 Å². The molecule has 2 aliphatic rings. The number of carbonyl (C=O) groups excluding carboxylic acids is 2. The lowest BCUT2D eigenvalue weighted by atomic mass is 10.2. The monoisotopic (exact) mass is 201 g/mol. The fourth-order valence-electron chi connectivity index (χ4n) is 1.39. The summed E-state index contributed by atoms with van der Waals surface area (Å²) in [5.74, 6) is 0.240. The molecule has 0 spiro atoms. The molecule has 0 aliphatic carbocycles. The Labute approximate surface area is 80.1 Å². The molecule has 13 heavy (non-hydrogen) atoms. The number of amides is 1. The summed E-state index contributed by atoms with van der Waals surface area (Å²) in [6.07, 6.45) is 0.210. The molecule has 0 aromatic rings. The minimum Gasteiger partial charge on any atom is -0.471 e. The van der Waals surface area contributed by atoms with Gasteiger partial charge < -0.3 is 4.74 Å². The van der Waals surface area contributed by atoms with Crippen LogP contribution in [0.25, 0.3) is 0 Å². The van der Waals surface area contributed by atoms with Gasteiger partial charge in [-0.15, -0.1) is 0 Å². The second kappa shape index (κ2) is 2.73. The van der Waals surface area contributed by atoms with Crippen LogP contribution < -0.4 is 0 Å². The third-order valence-corrected chi connectivity index (χ3v) is 2.64. The highest BCUT2D eigenvalue weighted by molar-refractivity contribution is 6.42. The van der Waals surface area contributed by atoms with Crippen LogP contribution in [0.5, 0.6) is 0 Å². The first-order valence-electron chi connectivity index (χ1n) is 3.95. The highest BCUT2D eigenvalue weighted by atomic mass is 35.5. The summed E-state index contributed by atoms with van der Waals surface area (Å²) in [6.45, 7) is 1.71. The van der Waals surface area contributed by atoms with Crippen LogP contribution in [0.15, 0.2) is 10.8 Å². The first kappa shape index (κ1) is 8.56. The molecule has 0 radical (unpaired) electrons. The van der Waals surface area contributed by atoms with E-state index in [1.165, 1.54) is 6.92 Å². The number of nitrogens with zero attached hydrogens (tertiary/aromatic N) is 1. The Morgan fingerprint density at radius 2 is 2.38 bits per heavy atom. The van der Waals surface area contributed by atoms with Gasteiger partial charge in [-0.1, -0.05) is 11.6 Å². The lowest BCUT2D eigenvalue weighted by molar-refractivity contribution is -0.154. The zero-order valence-electron chi connectivity index (χ0n) is 7.04. The Morgan fingerprint density at radius 3 is 2.85 bits per heavy atom. The van der Waals surface area contributed by atoms with E-state index < -0.39 is 0 Å². The van der Waals surface area contributed by atoms with E-state index in [-0.39, 0.29) is 23.0 Å². The molecule has 0 N–H and O–H groups in total. The number of carbonyl (C=O) groups is 2. The number of ketones is 1. The zero-order valence-corrected chi connectivity index (χ0v) is 7.80. The van der Waals surface area contributed by atoms with E-state index >= 15 is 0 Å². The summed E-state index contributed by atoms with van der Waals surface area (Å²) < 4.78 is 5.29. The van der Waals surface area contributed by atoms with Crippen molar-refractivity contribution in [3.8, 4) is 0 Å². The van der Waals surface area contributed by atoms with Crippen molar-refractivity contribution in [1.29, 1.82) is 0 Å². The number of fused-ring (bicyclic) bond motifs is 1. The maximum Gasteiger partial charge on any atom is 0.231 e. The van der Waals surface area contributed by atoms with Gasteiger partial charge >= 0.3 is 0 Å². The summed E-state index contributed by atoms with van der Waals surface area (Å²) in [5, 5.41) is 0.0993. The molecule has 0 aromatic heterocycles. The molecule has 1 unspecified atom stereocenters. The van der Waals surface area contributed by atoms with Crippen LogP contribution >= 0.6 is 11.6 Å². The Balaban J connectivity index is 2.18. The van der Waals surface area contributed by atoms with Gasteiger partial charge in [0, 0.05) is 6.92 Å². The van der Waals surface area contributed by atoms with E-state index in [2.05, 4.69) is 0 Å². The van der Waals surface area contributed by atoms with E-state index in [0.717, 1.165) is 0 Å². The predicted molar refractivity (Wildman–Crippen MR) is 44.8 cm³/mol. The van der Waals surface area contributed by atoms with E-state index in [1.807, 2.05) is 0 Å². The van der Waals surface area contributed by atoms with Crippen molar-refractivity contribution in [3.05, 3.63) is 10.8 Å². The van der Waals surface area contributed by atoms with Gasteiger partial charge in [-0.05, 0) is 0 Å².